The van der Waals surface area contributed by atoms with E-state index >= 15 is 0 Å². The molecule has 0 radical (unpaired) electrons. The van der Waals surface area contributed by atoms with Crippen LogP contribution in [0.3, 0.4) is 0 Å². The molecule has 1 aliphatic carbocycles. The van der Waals surface area contributed by atoms with E-state index in [1.54, 1.807) is 5.38 Å². The number of aromatic nitrogens is 1. The summed E-state index contributed by atoms with van der Waals surface area (Å²) in [7, 11) is 0. The molecule has 0 unspecified atom stereocenters. The van der Waals surface area contributed by atoms with Gasteiger partial charge in [0.1, 0.15) is 0 Å². The van der Waals surface area contributed by atoms with Crippen LogP contribution >= 0.6 is 11.3 Å². The van der Waals surface area contributed by atoms with Crippen molar-refractivity contribution < 1.29 is 31.1 Å². The van der Waals surface area contributed by atoms with E-state index in [4.69, 9.17) is 0 Å². The smallest absolute Gasteiger partial charge is 0.281 e. The second-order valence-electron chi connectivity index (χ2n) is 8.14. The van der Waals surface area contributed by atoms with Crippen molar-refractivity contribution in [3.05, 3.63) is 70.6 Å². The first-order chi connectivity index (χ1) is 16.0. The van der Waals surface area contributed by atoms with Crippen LogP contribution in [0.15, 0.2) is 53.9 Å². The molecule has 10 heteroatoms. The van der Waals surface area contributed by atoms with Crippen molar-refractivity contribution in [3.63, 3.8) is 0 Å². The number of hydrogen-bond donors (Lipinski definition) is 0. The van der Waals surface area contributed by atoms with Gasteiger partial charge in [-0.15, -0.1) is 11.3 Å². The summed E-state index contributed by atoms with van der Waals surface area (Å²) in [5.41, 5.74) is -2.32. The Kier molecular flexibility index (Phi) is 6.71. The number of benzene rings is 2. The summed E-state index contributed by atoms with van der Waals surface area (Å²) in [6, 6.07) is 9.76. The molecule has 3 nitrogen and oxygen atoms in total. The molecule has 0 spiro atoms. The molecule has 3 aromatic rings. The molecule has 1 amide bonds. The Morgan fingerprint density at radius 3 is 2.03 bits per heavy atom. The first kappa shape index (κ1) is 24.3. The van der Waals surface area contributed by atoms with Gasteiger partial charge in [-0.2, -0.15) is 26.3 Å². The number of hydrogen-bond acceptors (Lipinski definition) is 3. The van der Waals surface area contributed by atoms with Crippen molar-refractivity contribution in [1.82, 2.24) is 4.98 Å². The lowest BCUT2D eigenvalue weighted by molar-refractivity contribution is -0.143. The fraction of sp³-hybridized carbons (Fsp3) is 0.333. The summed E-state index contributed by atoms with van der Waals surface area (Å²) in [5, 5.41) is 1.97. The number of halogens is 6. The molecule has 2 aromatic carbocycles. The number of thiazole rings is 1. The highest BCUT2D eigenvalue weighted by atomic mass is 32.1. The maximum absolute atomic E-state index is 13.5. The van der Waals surface area contributed by atoms with Crippen LogP contribution in [0.4, 0.5) is 31.5 Å². The SMILES string of the molecule is O=C(c1cc(C(F)(F)F)cc(C(F)(F)F)c1)N(c1nc(-c2ccccc2)cs1)C1CCCCC1. The van der Waals surface area contributed by atoms with Gasteiger partial charge in [0.2, 0.25) is 0 Å². The molecule has 1 aromatic heterocycles. The maximum Gasteiger partial charge on any atom is 0.416 e. The molecule has 1 aliphatic rings. The quantitative estimate of drug-likeness (QED) is 0.344. The van der Waals surface area contributed by atoms with E-state index in [1.165, 1.54) is 4.90 Å². The number of alkyl halides is 6. The van der Waals surface area contributed by atoms with Crippen molar-refractivity contribution in [2.45, 2.75) is 50.5 Å². The van der Waals surface area contributed by atoms with Gasteiger partial charge in [-0.05, 0) is 31.0 Å². The van der Waals surface area contributed by atoms with E-state index < -0.39 is 35.0 Å². The molecule has 0 N–H and O–H groups in total. The van der Waals surface area contributed by atoms with Gasteiger partial charge in [-0.25, -0.2) is 4.98 Å². The molecule has 1 saturated carbocycles. The standard InChI is InChI=1S/C24H20F6N2OS/c25-23(26,27)17-11-16(12-18(13-17)24(28,29)30)21(33)32(19-9-5-2-6-10-19)22-31-20(14-34-22)15-7-3-1-4-8-15/h1,3-4,7-8,11-14,19H,2,5-6,9-10H2. The van der Waals surface area contributed by atoms with E-state index in [2.05, 4.69) is 4.98 Å². The lowest BCUT2D eigenvalue weighted by Gasteiger charge is -2.32. The molecular weight excluding hydrogens is 478 g/mol. The molecule has 0 bridgehead atoms. The number of amides is 1. The van der Waals surface area contributed by atoms with Crippen molar-refractivity contribution >= 4 is 22.4 Å². The first-order valence-electron chi connectivity index (χ1n) is 10.7. The van der Waals surface area contributed by atoms with Gasteiger partial charge < -0.3 is 0 Å². The van der Waals surface area contributed by atoms with Crippen LogP contribution < -0.4 is 4.90 Å². The topological polar surface area (TPSA) is 33.2 Å². The highest BCUT2D eigenvalue weighted by Gasteiger charge is 2.39. The zero-order valence-corrected chi connectivity index (χ0v) is 18.6. The molecule has 0 aliphatic heterocycles. The molecule has 0 atom stereocenters. The second-order valence-corrected chi connectivity index (χ2v) is 8.98. The lowest BCUT2D eigenvalue weighted by Crippen LogP contribution is -2.42. The van der Waals surface area contributed by atoms with Gasteiger partial charge in [0.05, 0.1) is 16.8 Å². The first-order valence-corrected chi connectivity index (χ1v) is 11.6. The number of carbonyl (C=O) groups excluding carboxylic acids is 1. The van der Waals surface area contributed by atoms with Crippen LogP contribution in [0.2, 0.25) is 0 Å². The van der Waals surface area contributed by atoms with Crippen molar-refractivity contribution in [1.29, 1.82) is 0 Å². The summed E-state index contributed by atoms with van der Waals surface area (Å²) in [6.07, 6.45) is -6.31. The Bertz CT molecular complexity index is 1120. The molecule has 1 fully saturated rings. The molecule has 180 valence electrons. The third-order valence-electron chi connectivity index (χ3n) is 5.76. The third-order valence-corrected chi connectivity index (χ3v) is 6.60. The fourth-order valence-corrected chi connectivity index (χ4v) is 4.98. The molecular formula is C24H20F6N2OS. The molecule has 4 rings (SSSR count). The minimum atomic E-state index is -5.03. The third kappa shape index (κ3) is 5.27. The van der Waals surface area contributed by atoms with Crippen LogP contribution in [0.25, 0.3) is 11.3 Å². The predicted octanol–water partition coefficient (Wildman–Crippen LogP) is 7.83. The highest BCUT2D eigenvalue weighted by molar-refractivity contribution is 7.14. The average Bonchev–Trinajstić information content (AvgIpc) is 3.29. The number of nitrogens with zero attached hydrogens (tertiary/aromatic N) is 2. The van der Waals surface area contributed by atoms with Crippen LogP contribution in [0, 0.1) is 0 Å². The van der Waals surface area contributed by atoms with E-state index in [0.717, 1.165) is 36.2 Å². The average molecular weight is 498 g/mol. The van der Waals surface area contributed by atoms with Crippen molar-refractivity contribution in [2.24, 2.45) is 0 Å². The van der Waals surface area contributed by atoms with E-state index in [0.29, 0.717) is 30.7 Å². The molecule has 1 heterocycles. The van der Waals surface area contributed by atoms with Gasteiger partial charge in [0.25, 0.3) is 5.91 Å². The normalized spacial score (nSPS) is 15.4. The largest absolute Gasteiger partial charge is 0.416 e. The van der Waals surface area contributed by atoms with E-state index in [1.807, 2.05) is 30.3 Å². The summed E-state index contributed by atoms with van der Waals surface area (Å²) >= 11 is 1.14. The Balaban J connectivity index is 1.79. The van der Waals surface area contributed by atoms with Crippen LogP contribution in [0.5, 0.6) is 0 Å². The fourth-order valence-electron chi connectivity index (χ4n) is 4.08. The minimum absolute atomic E-state index is 0.0264. The van der Waals surface area contributed by atoms with Crippen molar-refractivity contribution in [3.8, 4) is 11.3 Å². The van der Waals surface area contributed by atoms with E-state index in [9.17, 15) is 31.1 Å². The van der Waals surface area contributed by atoms with Gasteiger partial charge in [0, 0.05) is 22.5 Å². The maximum atomic E-state index is 13.5. The number of rotatable bonds is 4. The van der Waals surface area contributed by atoms with Gasteiger partial charge >= 0.3 is 12.4 Å². The van der Waals surface area contributed by atoms with E-state index in [-0.39, 0.29) is 17.2 Å². The van der Waals surface area contributed by atoms with Gasteiger partial charge in [0.15, 0.2) is 5.13 Å². The van der Waals surface area contributed by atoms with Gasteiger partial charge in [-0.1, -0.05) is 49.6 Å². The van der Waals surface area contributed by atoms with Crippen molar-refractivity contribution in [2.75, 3.05) is 4.90 Å². The molecule has 34 heavy (non-hydrogen) atoms. The predicted molar refractivity (Wildman–Crippen MR) is 118 cm³/mol. The molecule has 0 saturated heterocycles. The lowest BCUT2D eigenvalue weighted by atomic mass is 9.93. The summed E-state index contributed by atoms with van der Waals surface area (Å²) in [5.74, 6) is -0.919. The number of carbonyl (C=O) groups is 1. The second kappa shape index (κ2) is 9.40. The summed E-state index contributed by atoms with van der Waals surface area (Å²) < 4.78 is 80.2. The van der Waals surface area contributed by atoms with Crippen LogP contribution in [-0.2, 0) is 12.4 Å². The monoisotopic (exact) mass is 498 g/mol. The van der Waals surface area contributed by atoms with Crippen LogP contribution in [-0.4, -0.2) is 16.9 Å². The van der Waals surface area contributed by atoms with Crippen LogP contribution in [0.1, 0.15) is 53.6 Å². The summed E-state index contributed by atoms with van der Waals surface area (Å²) in [6.45, 7) is 0. The Morgan fingerprint density at radius 1 is 0.882 bits per heavy atom. The highest BCUT2D eigenvalue weighted by Crippen LogP contribution is 2.38. The minimum Gasteiger partial charge on any atom is -0.281 e. The zero-order chi connectivity index (χ0) is 24.5. The zero-order valence-electron chi connectivity index (χ0n) is 17.8. The Morgan fingerprint density at radius 2 is 1.47 bits per heavy atom. The summed E-state index contributed by atoms with van der Waals surface area (Å²) in [4.78, 5) is 19.3. The Hall–Kier alpha value is -2.88. The number of anilines is 1. The van der Waals surface area contributed by atoms with Gasteiger partial charge in [-0.3, -0.25) is 9.69 Å². The Labute approximate surface area is 196 Å².